The van der Waals surface area contributed by atoms with E-state index in [1.165, 1.54) is 17.3 Å². The summed E-state index contributed by atoms with van der Waals surface area (Å²) in [6.07, 6.45) is 0. The molecule has 0 saturated heterocycles. The lowest BCUT2D eigenvalue weighted by atomic mass is 9.87. The second-order valence-corrected chi connectivity index (χ2v) is 8.76. The molecule has 2 rings (SSSR count). The van der Waals surface area contributed by atoms with Crippen molar-refractivity contribution in [2.24, 2.45) is 0 Å². The van der Waals surface area contributed by atoms with Crippen LogP contribution in [0.2, 0.25) is 0 Å². The van der Waals surface area contributed by atoms with Crippen LogP contribution in [0.3, 0.4) is 0 Å². The zero-order valence-electron chi connectivity index (χ0n) is 16.7. The highest BCUT2D eigenvalue weighted by Crippen LogP contribution is 2.26. The number of carbonyl (C=O) groups excluding carboxylic acids is 1. The van der Waals surface area contributed by atoms with Crippen LogP contribution < -0.4 is 14.8 Å². The number of rotatable bonds is 8. The fourth-order valence-corrected chi connectivity index (χ4v) is 3.34. The van der Waals surface area contributed by atoms with Crippen LogP contribution in [0.15, 0.2) is 53.4 Å². The van der Waals surface area contributed by atoms with Crippen molar-refractivity contribution in [1.29, 1.82) is 0 Å². The quantitative estimate of drug-likeness (QED) is 0.528. The van der Waals surface area contributed by atoms with E-state index in [0.29, 0.717) is 13.2 Å². The molecule has 0 aliphatic rings. The van der Waals surface area contributed by atoms with Crippen molar-refractivity contribution in [3.8, 4) is 11.5 Å². The van der Waals surface area contributed by atoms with Crippen LogP contribution in [0.1, 0.15) is 33.3 Å². The summed E-state index contributed by atoms with van der Waals surface area (Å²) in [5, 5.41) is 2.75. The first-order valence-corrected chi connectivity index (χ1v) is 9.99. The van der Waals surface area contributed by atoms with Crippen molar-refractivity contribution >= 4 is 17.7 Å². The molecule has 5 heteroatoms. The molecule has 1 amide bonds. The minimum Gasteiger partial charge on any atom is -0.497 e. The smallest absolute Gasteiger partial charge is 0.233 e. The van der Waals surface area contributed by atoms with Crippen LogP contribution in [-0.4, -0.2) is 31.4 Å². The molecule has 0 fully saturated rings. The van der Waals surface area contributed by atoms with Crippen molar-refractivity contribution in [2.45, 2.75) is 43.3 Å². The molecule has 0 aliphatic carbocycles. The molecule has 27 heavy (non-hydrogen) atoms. The molecular weight excluding hydrogens is 358 g/mol. The summed E-state index contributed by atoms with van der Waals surface area (Å²) >= 11 is 1.52. The minimum absolute atomic E-state index is 0.00231. The predicted octanol–water partition coefficient (Wildman–Crippen LogP) is 4.67. The zero-order chi connectivity index (χ0) is 19.9. The number of thioether (sulfide) groups is 1. The van der Waals surface area contributed by atoms with Gasteiger partial charge in [-0.25, -0.2) is 0 Å². The van der Waals surface area contributed by atoms with Crippen LogP contribution >= 0.6 is 11.8 Å². The Morgan fingerprint density at radius 2 is 1.63 bits per heavy atom. The van der Waals surface area contributed by atoms with Gasteiger partial charge in [0.15, 0.2) is 0 Å². The number of ether oxygens (including phenoxy) is 2. The van der Waals surface area contributed by atoms with E-state index < -0.39 is 0 Å². The summed E-state index contributed by atoms with van der Waals surface area (Å²) in [5.74, 6) is 1.63. The minimum atomic E-state index is -0.176. The van der Waals surface area contributed by atoms with Gasteiger partial charge in [0.25, 0.3) is 0 Å². The average molecular weight is 388 g/mol. The van der Waals surface area contributed by atoms with E-state index in [2.05, 4.69) is 38.2 Å². The van der Waals surface area contributed by atoms with Gasteiger partial charge in [0.2, 0.25) is 5.91 Å². The highest BCUT2D eigenvalue weighted by molar-refractivity contribution is 8.00. The van der Waals surface area contributed by atoms with Gasteiger partial charge >= 0.3 is 0 Å². The van der Waals surface area contributed by atoms with Crippen LogP contribution in [0.4, 0.5) is 0 Å². The molecule has 0 bridgehead atoms. The van der Waals surface area contributed by atoms with Crippen molar-refractivity contribution < 1.29 is 14.3 Å². The molecule has 1 atom stereocenters. The Balaban J connectivity index is 1.71. The number of carbonyl (C=O) groups is 1. The van der Waals surface area contributed by atoms with Crippen LogP contribution in [0.5, 0.6) is 11.5 Å². The van der Waals surface area contributed by atoms with Crippen LogP contribution in [-0.2, 0) is 10.2 Å². The molecule has 0 saturated carbocycles. The van der Waals surface area contributed by atoms with Gasteiger partial charge in [0, 0.05) is 4.90 Å². The van der Waals surface area contributed by atoms with Gasteiger partial charge in [-0.3, -0.25) is 4.79 Å². The zero-order valence-corrected chi connectivity index (χ0v) is 17.6. The highest BCUT2D eigenvalue weighted by Gasteiger charge is 2.14. The SMILES string of the molecule is COc1ccc(SC(C)C(=O)NCCOc2ccc(C(C)(C)C)cc2)cc1. The van der Waals surface area contributed by atoms with Crippen LogP contribution in [0, 0.1) is 0 Å². The predicted molar refractivity (Wildman–Crippen MR) is 112 cm³/mol. The Morgan fingerprint density at radius 3 is 2.19 bits per heavy atom. The Bertz CT molecular complexity index is 721. The lowest BCUT2D eigenvalue weighted by Gasteiger charge is -2.19. The molecule has 0 heterocycles. The summed E-state index contributed by atoms with van der Waals surface area (Å²) in [6.45, 7) is 9.38. The molecule has 4 nitrogen and oxygen atoms in total. The first kappa shape index (κ1) is 21.2. The van der Waals surface area contributed by atoms with E-state index >= 15 is 0 Å². The summed E-state index contributed by atoms with van der Waals surface area (Å²) in [4.78, 5) is 13.3. The molecule has 0 aliphatic heterocycles. The van der Waals surface area contributed by atoms with E-state index in [0.717, 1.165) is 16.4 Å². The van der Waals surface area contributed by atoms with Crippen molar-refractivity contribution in [2.75, 3.05) is 20.3 Å². The second-order valence-electron chi connectivity index (χ2n) is 7.35. The maximum absolute atomic E-state index is 12.2. The van der Waals surface area contributed by atoms with Crippen LogP contribution in [0.25, 0.3) is 0 Å². The molecular formula is C22H29NO3S. The summed E-state index contributed by atoms with van der Waals surface area (Å²) in [7, 11) is 1.64. The van der Waals surface area contributed by atoms with E-state index in [-0.39, 0.29) is 16.6 Å². The monoisotopic (exact) mass is 387 g/mol. The third kappa shape index (κ3) is 6.83. The first-order chi connectivity index (χ1) is 12.8. The topological polar surface area (TPSA) is 47.6 Å². The number of methoxy groups -OCH3 is 1. The van der Waals surface area contributed by atoms with Gasteiger partial charge < -0.3 is 14.8 Å². The summed E-state index contributed by atoms with van der Waals surface area (Å²) in [5.41, 5.74) is 1.40. The molecule has 146 valence electrons. The Kier molecular flexibility index (Phi) is 7.60. The van der Waals surface area contributed by atoms with Crippen molar-refractivity contribution in [1.82, 2.24) is 5.32 Å². The van der Waals surface area contributed by atoms with Gasteiger partial charge in [-0.1, -0.05) is 32.9 Å². The number of hydrogen-bond acceptors (Lipinski definition) is 4. The molecule has 0 aromatic heterocycles. The number of amides is 1. The number of nitrogens with one attached hydrogen (secondary N) is 1. The molecule has 1 N–H and O–H groups in total. The second kappa shape index (κ2) is 9.70. The van der Waals surface area contributed by atoms with Gasteiger partial charge in [-0.2, -0.15) is 0 Å². The number of benzene rings is 2. The fourth-order valence-electron chi connectivity index (χ4n) is 2.45. The van der Waals surface area contributed by atoms with Gasteiger partial charge in [-0.15, -0.1) is 11.8 Å². The van der Waals surface area contributed by atoms with Gasteiger partial charge in [-0.05, 0) is 54.3 Å². The largest absolute Gasteiger partial charge is 0.497 e. The fraction of sp³-hybridized carbons (Fsp3) is 0.409. The molecule has 0 spiro atoms. The van der Waals surface area contributed by atoms with Crippen molar-refractivity contribution in [3.05, 3.63) is 54.1 Å². The average Bonchev–Trinajstić information content (AvgIpc) is 2.65. The molecule has 2 aromatic carbocycles. The summed E-state index contributed by atoms with van der Waals surface area (Å²) < 4.78 is 10.9. The normalized spacial score (nSPS) is 12.3. The number of hydrogen-bond donors (Lipinski definition) is 1. The van der Waals surface area contributed by atoms with E-state index in [4.69, 9.17) is 9.47 Å². The standard InChI is InChI=1S/C22H29NO3S/c1-16(27-20-12-10-18(25-5)11-13-20)21(24)23-14-15-26-19-8-6-17(7-9-19)22(2,3)4/h6-13,16H,14-15H2,1-5H3,(H,23,24). The van der Waals surface area contributed by atoms with Crippen molar-refractivity contribution in [3.63, 3.8) is 0 Å². The van der Waals surface area contributed by atoms with E-state index in [9.17, 15) is 4.79 Å². The lowest BCUT2D eigenvalue weighted by Crippen LogP contribution is -2.33. The summed E-state index contributed by atoms with van der Waals surface area (Å²) in [6, 6.07) is 15.8. The van der Waals surface area contributed by atoms with Gasteiger partial charge in [0.05, 0.1) is 18.9 Å². The highest BCUT2D eigenvalue weighted by atomic mass is 32.2. The third-order valence-corrected chi connectivity index (χ3v) is 5.24. The van der Waals surface area contributed by atoms with E-state index in [1.807, 2.05) is 43.3 Å². The van der Waals surface area contributed by atoms with E-state index in [1.54, 1.807) is 7.11 Å². The maximum atomic E-state index is 12.2. The molecule has 2 aromatic rings. The first-order valence-electron chi connectivity index (χ1n) is 9.11. The Labute approximate surface area is 166 Å². The van der Waals surface area contributed by atoms with Gasteiger partial charge in [0.1, 0.15) is 18.1 Å². The Morgan fingerprint density at radius 1 is 1.04 bits per heavy atom. The molecule has 1 unspecified atom stereocenters. The third-order valence-electron chi connectivity index (χ3n) is 4.13. The molecule has 0 radical (unpaired) electrons. The lowest BCUT2D eigenvalue weighted by molar-refractivity contribution is -0.120. The Hall–Kier alpha value is -2.14. The maximum Gasteiger partial charge on any atom is 0.233 e.